The Morgan fingerprint density at radius 2 is 2.05 bits per heavy atom. The minimum Gasteiger partial charge on any atom is -0.451 e. The number of anilines is 1. The number of rotatable bonds is 3. The van der Waals surface area contributed by atoms with Gasteiger partial charge < -0.3 is 10.1 Å². The standard InChI is InChI=1S/C16H19NO4/c1-10-6-5-7-12(15(10)17-11(2)18)16(20)21-14-9-4-3-8-13(14)19/h5-7,14H,3-4,8-9H2,1-2H3,(H,17,18)/t14-/m1/s1. The first-order valence-corrected chi connectivity index (χ1v) is 7.10. The number of hydrogen-bond acceptors (Lipinski definition) is 4. The van der Waals surface area contributed by atoms with Crippen LogP contribution in [0.3, 0.4) is 0 Å². The molecule has 1 aliphatic carbocycles. The van der Waals surface area contributed by atoms with Crippen LogP contribution in [0.2, 0.25) is 0 Å². The average molecular weight is 289 g/mol. The molecule has 1 fully saturated rings. The molecule has 0 aliphatic heterocycles. The Morgan fingerprint density at radius 3 is 2.71 bits per heavy atom. The fraction of sp³-hybridized carbons (Fsp3) is 0.438. The van der Waals surface area contributed by atoms with E-state index in [2.05, 4.69) is 5.32 Å². The van der Waals surface area contributed by atoms with Crippen molar-refractivity contribution in [2.45, 2.75) is 45.6 Å². The van der Waals surface area contributed by atoms with Crippen LogP contribution >= 0.6 is 0 Å². The molecule has 0 radical (unpaired) electrons. The second kappa shape index (κ2) is 6.52. The number of esters is 1. The molecule has 0 bridgehead atoms. The van der Waals surface area contributed by atoms with Crippen LogP contribution in [0.25, 0.3) is 0 Å². The molecule has 5 nitrogen and oxygen atoms in total. The third kappa shape index (κ3) is 3.68. The van der Waals surface area contributed by atoms with Gasteiger partial charge in [-0.05, 0) is 37.8 Å². The van der Waals surface area contributed by atoms with Crippen LogP contribution in [-0.2, 0) is 14.3 Å². The molecule has 1 aromatic carbocycles. The predicted molar refractivity (Wildman–Crippen MR) is 78.2 cm³/mol. The summed E-state index contributed by atoms with van der Waals surface area (Å²) in [6.07, 6.45) is 2.12. The monoisotopic (exact) mass is 289 g/mol. The van der Waals surface area contributed by atoms with E-state index in [1.54, 1.807) is 25.1 Å². The van der Waals surface area contributed by atoms with Gasteiger partial charge in [-0.25, -0.2) is 4.79 Å². The van der Waals surface area contributed by atoms with Crippen LogP contribution in [0.4, 0.5) is 5.69 Å². The second-order valence-electron chi connectivity index (χ2n) is 5.28. The average Bonchev–Trinajstić information content (AvgIpc) is 2.43. The molecule has 1 aliphatic rings. The number of benzene rings is 1. The molecule has 1 amide bonds. The normalized spacial score (nSPS) is 18.2. The van der Waals surface area contributed by atoms with Crippen molar-refractivity contribution in [3.05, 3.63) is 29.3 Å². The van der Waals surface area contributed by atoms with Gasteiger partial charge in [0.1, 0.15) is 0 Å². The van der Waals surface area contributed by atoms with Gasteiger partial charge in [0.25, 0.3) is 0 Å². The fourth-order valence-corrected chi connectivity index (χ4v) is 2.45. The van der Waals surface area contributed by atoms with E-state index in [1.807, 2.05) is 0 Å². The van der Waals surface area contributed by atoms with Crippen LogP contribution < -0.4 is 5.32 Å². The van der Waals surface area contributed by atoms with Crippen molar-refractivity contribution < 1.29 is 19.1 Å². The zero-order valence-electron chi connectivity index (χ0n) is 12.3. The number of Topliss-reactive ketones (excluding diaryl/α,β-unsaturated/α-hetero) is 1. The van der Waals surface area contributed by atoms with E-state index < -0.39 is 12.1 Å². The Kier molecular flexibility index (Phi) is 4.73. The van der Waals surface area contributed by atoms with Crippen LogP contribution in [0.15, 0.2) is 18.2 Å². The van der Waals surface area contributed by atoms with Crippen LogP contribution in [-0.4, -0.2) is 23.8 Å². The predicted octanol–water partition coefficient (Wildman–Crippen LogP) is 2.62. The molecule has 1 N–H and O–H groups in total. The molecule has 5 heteroatoms. The van der Waals surface area contributed by atoms with Gasteiger partial charge in [0, 0.05) is 13.3 Å². The van der Waals surface area contributed by atoms with Crippen molar-refractivity contribution >= 4 is 23.3 Å². The lowest BCUT2D eigenvalue weighted by Crippen LogP contribution is -2.30. The molecule has 1 aromatic rings. The SMILES string of the molecule is CC(=O)Nc1c(C)cccc1C(=O)O[C@@H]1CCCCC1=O. The summed E-state index contributed by atoms with van der Waals surface area (Å²) >= 11 is 0. The first-order chi connectivity index (χ1) is 9.99. The van der Waals surface area contributed by atoms with Gasteiger partial charge in [0.05, 0.1) is 11.3 Å². The lowest BCUT2D eigenvalue weighted by Gasteiger charge is -2.21. The second-order valence-corrected chi connectivity index (χ2v) is 5.28. The van der Waals surface area contributed by atoms with Crippen molar-refractivity contribution in [1.82, 2.24) is 0 Å². The van der Waals surface area contributed by atoms with Crippen molar-refractivity contribution in [3.8, 4) is 0 Å². The minimum absolute atomic E-state index is 0.0247. The third-order valence-corrected chi connectivity index (χ3v) is 3.54. The summed E-state index contributed by atoms with van der Waals surface area (Å²) in [5.41, 5.74) is 1.50. The summed E-state index contributed by atoms with van der Waals surface area (Å²) in [7, 11) is 0. The molecule has 0 spiro atoms. The summed E-state index contributed by atoms with van der Waals surface area (Å²) in [5, 5.41) is 2.65. The summed E-state index contributed by atoms with van der Waals surface area (Å²) in [4.78, 5) is 35.3. The summed E-state index contributed by atoms with van der Waals surface area (Å²) < 4.78 is 5.33. The van der Waals surface area contributed by atoms with E-state index in [9.17, 15) is 14.4 Å². The third-order valence-electron chi connectivity index (χ3n) is 3.54. The highest BCUT2D eigenvalue weighted by Crippen LogP contribution is 2.24. The highest BCUT2D eigenvalue weighted by atomic mass is 16.5. The molecule has 0 unspecified atom stereocenters. The van der Waals surface area contributed by atoms with Crippen LogP contribution in [0.1, 0.15) is 48.5 Å². The Balaban J connectivity index is 2.20. The van der Waals surface area contributed by atoms with Crippen molar-refractivity contribution in [1.29, 1.82) is 0 Å². The molecule has 1 saturated carbocycles. The van der Waals surface area contributed by atoms with E-state index in [4.69, 9.17) is 4.74 Å². The van der Waals surface area contributed by atoms with Gasteiger partial charge in [0.15, 0.2) is 11.9 Å². The fourth-order valence-electron chi connectivity index (χ4n) is 2.45. The Morgan fingerprint density at radius 1 is 1.29 bits per heavy atom. The zero-order valence-corrected chi connectivity index (χ0v) is 12.3. The maximum absolute atomic E-state index is 12.3. The number of carbonyl (C=O) groups excluding carboxylic acids is 3. The lowest BCUT2D eigenvalue weighted by molar-refractivity contribution is -0.130. The number of amides is 1. The highest BCUT2D eigenvalue weighted by Gasteiger charge is 2.27. The number of hydrogen-bond donors (Lipinski definition) is 1. The Hall–Kier alpha value is -2.17. The minimum atomic E-state index is -0.656. The quantitative estimate of drug-likeness (QED) is 0.868. The topological polar surface area (TPSA) is 72.5 Å². The molecule has 21 heavy (non-hydrogen) atoms. The van der Waals surface area contributed by atoms with Gasteiger partial charge in [-0.1, -0.05) is 12.1 Å². The van der Waals surface area contributed by atoms with Crippen molar-refractivity contribution in [2.24, 2.45) is 0 Å². The molecule has 2 rings (SSSR count). The van der Waals surface area contributed by atoms with Gasteiger partial charge in [-0.15, -0.1) is 0 Å². The molecule has 0 saturated heterocycles. The van der Waals surface area contributed by atoms with E-state index in [0.29, 0.717) is 18.5 Å². The number of aryl methyl sites for hydroxylation is 1. The maximum atomic E-state index is 12.3. The molecule has 0 heterocycles. The maximum Gasteiger partial charge on any atom is 0.340 e. The number of ketones is 1. The molecule has 1 atom stereocenters. The summed E-state index contributed by atoms with van der Waals surface area (Å²) in [6.45, 7) is 3.18. The molecular weight excluding hydrogens is 270 g/mol. The summed E-state index contributed by atoms with van der Waals surface area (Å²) in [6, 6.07) is 5.11. The van der Waals surface area contributed by atoms with E-state index >= 15 is 0 Å². The number of carbonyl (C=O) groups is 3. The number of nitrogens with one attached hydrogen (secondary N) is 1. The Bertz CT molecular complexity index is 580. The van der Waals surface area contributed by atoms with Crippen LogP contribution in [0, 0.1) is 6.92 Å². The first kappa shape index (κ1) is 15.2. The summed E-state index contributed by atoms with van der Waals surface area (Å²) in [5.74, 6) is -0.849. The van der Waals surface area contributed by atoms with Crippen LogP contribution in [0.5, 0.6) is 0 Å². The van der Waals surface area contributed by atoms with Gasteiger partial charge >= 0.3 is 5.97 Å². The lowest BCUT2D eigenvalue weighted by atomic mass is 9.96. The van der Waals surface area contributed by atoms with E-state index in [-0.39, 0.29) is 17.3 Å². The van der Waals surface area contributed by atoms with Gasteiger partial charge in [-0.3, -0.25) is 9.59 Å². The number of para-hydroxylation sites is 1. The molecule has 0 aromatic heterocycles. The zero-order chi connectivity index (χ0) is 15.4. The highest BCUT2D eigenvalue weighted by molar-refractivity contribution is 6.02. The molecular formula is C16H19NO4. The van der Waals surface area contributed by atoms with Crippen molar-refractivity contribution in [3.63, 3.8) is 0 Å². The van der Waals surface area contributed by atoms with Crippen molar-refractivity contribution in [2.75, 3.05) is 5.32 Å². The molecule has 112 valence electrons. The largest absolute Gasteiger partial charge is 0.451 e. The first-order valence-electron chi connectivity index (χ1n) is 7.10. The van der Waals surface area contributed by atoms with E-state index in [0.717, 1.165) is 18.4 Å². The number of ether oxygens (including phenoxy) is 1. The van der Waals surface area contributed by atoms with E-state index in [1.165, 1.54) is 6.92 Å². The smallest absolute Gasteiger partial charge is 0.340 e. The van der Waals surface area contributed by atoms with Gasteiger partial charge in [0.2, 0.25) is 5.91 Å². The van der Waals surface area contributed by atoms with Gasteiger partial charge in [-0.2, -0.15) is 0 Å². The Labute approximate surface area is 123 Å².